The predicted octanol–water partition coefficient (Wildman–Crippen LogP) is 1.16. The van der Waals surface area contributed by atoms with Crippen molar-refractivity contribution in [3.8, 4) is 0 Å². The maximum atomic E-state index is 12.5. The first kappa shape index (κ1) is 24.5. The Labute approximate surface area is 181 Å². The Bertz CT molecular complexity index is 1160. The number of primary sulfonamides is 1. The van der Waals surface area contributed by atoms with E-state index in [1.165, 1.54) is 52.8 Å². The van der Waals surface area contributed by atoms with Crippen molar-refractivity contribution in [1.82, 2.24) is 4.31 Å². The largest absolute Gasteiger partial charge is 0.452 e. The van der Waals surface area contributed by atoms with Gasteiger partial charge >= 0.3 is 5.97 Å². The molecule has 0 fully saturated rings. The summed E-state index contributed by atoms with van der Waals surface area (Å²) in [7, 11) is -7.58. The van der Waals surface area contributed by atoms with Gasteiger partial charge in [0.1, 0.15) is 0 Å². The third kappa shape index (κ3) is 6.34. The van der Waals surface area contributed by atoms with E-state index in [0.29, 0.717) is 13.1 Å². The van der Waals surface area contributed by atoms with E-state index >= 15 is 0 Å². The molecule has 10 nitrogen and oxygen atoms in total. The van der Waals surface area contributed by atoms with Gasteiger partial charge in [-0.25, -0.2) is 26.8 Å². The number of amides is 1. The van der Waals surface area contributed by atoms with Crippen molar-refractivity contribution < 1.29 is 31.2 Å². The van der Waals surface area contributed by atoms with E-state index in [-0.39, 0.29) is 21.0 Å². The van der Waals surface area contributed by atoms with Crippen molar-refractivity contribution in [2.45, 2.75) is 23.6 Å². The number of benzene rings is 2. The monoisotopic (exact) mass is 469 g/mol. The van der Waals surface area contributed by atoms with Gasteiger partial charge in [0.05, 0.1) is 15.4 Å². The summed E-state index contributed by atoms with van der Waals surface area (Å²) >= 11 is 0. The van der Waals surface area contributed by atoms with Crippen LogP contribution in [0.15, 0.2) is 58.3 Å². The van der Waals surface area contributed by atoms with E-state index in [9.17, 15) is 26.4 Å². The minimum atomic E-state index is -3.93. The van der Waals surface area contributed by atoms with Gasteiger partial charge in [0.25, 0.3) is 5.91 Å². The second-order valence-electron chi connectivity index (χ2n) is 6.31. The number of carbonyl (C=O) groups is 2. The summed E-state index contributed by atoms with van der Waals surface area (Å²) in [6.45, 7) is 3.46. The van der Waals surface area contributed by atoms with E-state index < -0.39 is 38.5 Å². The molecular formula is C19H23N3O7S2. The van der Waals surface area contributed by atoms with Crippen molar-refractivity contribution in [2.75, 3.05) is 25.0 Å². The highest BCUT2D eigenvalue weighted by atomic mass is 32.2. The smallest absolute Gasteiger partial charge is 0.338 e. The van der Waals surface area contributed by atoms with Crippen LogP contribution in [0.4, 0.5) is 5.69 Å². The zero-order valence-corrected chi connectivity index (χ0v) is 18.6. The molecule has 0 heterocycles. The number of ether oxygens (including phenoxy) is 1. The fraction of sp³-hybridized carbons (Fsp3) is 0.263. The molecule has 0 saturated heterocycles. The number of anilines is 1. The van der Waals surface area contributed by atoms with Crippen molar-refractivity contribution in [2.24, 2.45) is 5.14 Å². The highest BCUT2D eigenvalue weighted by Gasteiger charge is 2.22. The second-order valence-corrected chi connectivity index (χ2v) is 9.81. The van der Waals surface area contributed by atoms with Crippen LogP contribution in [0.1, 0.15) is 24.2 Å². The number of carbonyl (C=O) groups excluding carboxylic acids is 2. The molecule has 2 aromatic rings. The lowest BCUT2D eigenvalue weighted by molar-refractivity contribution is -0.119. The molecule has 0 atom stereocenters. The quantitative estimate of drug-likeness (QED) is 0.523. The second kappa shape index (κ2) is 10.0. The molecule has 0 bridgehead atoms. The summed E-state index contributed by atoms with van der Waals surface area (Å²) in [6, 6.07) is 10.5. The van der Waals surface area contributed by atoms with Crippen LogP contribution in [0.2, 0.25) is 0 Å². The first-order chi connectivity index (χ1) is 14.5. The molecule has 0 spiro atoms. The third-order valence-corrected chi connectivity index (χ3v) is 7.19. The normalized spacial score (nSPS) is 11.9. The maximum absolute atomic E-state index is 12.5. The van der Waals surface area contributed by atoms with Crippen molar-refractivity contribution in [1.29, 1.82) is 0 Å². The molecule has 0 aliphatic carbocycles. The SMILES string of the molecule is CCN(CC)S(=O)(=O)c1ccc(C(=O)OCC(=O)Nc2cccc(S(N)(=O)=O)c2)cc1. The molecule has 0 saturated carbocycles. The van der Waals surface area contributed by atoms with E-state index in [2.05, 4.69) is 5.32 Å². The minimum Gasteiger partial charge on any atom is -0.452 e. The van der Waals surface area contributed by atoms with Crippen LogP contribution in [-0.4, -0.2) is 52.7 Å². The van der Waals surface area contributed by atoms with E-state index in [1.807, 2.05) is 0 Å². The Kier molecular flexibility index (Phi) is 7.90. The zero-order chi connectivity index (χ0) is 23.2. The number of hydrogen-bond donors (Lipinski definition) is 2. The number of rotatable bonds is 9. The van der Waals surface area contributed by atoms with Crippen molar-refractivity contribution >= 4 is 37.6 Å². The number of sulfonamides is 2. The van der Waals surface area contributed by atoms with Gasteiger partial charge in [-0.15, -0.1) is 0 Å². The summed E-state index contributed by atoms with van der Waals surface area (Å²) in [5.41, 5.74) is 0.237. The Balaban J connectivity index is 1.99. The van der Waals surface area contributed by atoms with Gasteiger partial charge in [0.2, 0.25) is 20.0 Å². The summed E-state index contributed by atoms with van der Waals surface area (Å²) in [5, 5.41) is 7.43. The van der Waals surface area contributed by atoms with Crippen LogP contribution in [0.5, 0.6) is 0 Å². The standard InChI is InChI=1S/C19H23N3O7S2/c1-3-22(4-2)31(27,28)16-10-8-14(9-11-16)19(24)29-13-18(23)21-15-6-5-7-17(12-15)30(20,25)26/h5-12H,3-4,13H2,1-2H3,(H,21,23)(H2,20,25,26). The average Bonchev–Trinajstić information content (AvgIpc) is 2.72. The highest BCUT2D eigenvalue weighted by Crippen LogP contribution is 2.17. The van der Waals surface area contributed by atoms with Crippen molar-refractivity contribution in [3.63, 3.8) is 0 Å². The van der Waals surface area contributed by atoms with Crippen LogP contribution in [0.25, 0.3) is 0 Å². The average molecular weight is 470 g/mol. The van der Waals surface area contributed by atoms with Crippen LogP contribution in [-0.2, 0) is 29.6 Å². The lowest BCUT2D eigenvalue weighted by Gasteiger charge is -2.18. The Morgan fingerprint density at radius 2 is 1.58 bits per heavy atom. The zero-order valence-electron chi connectivity index (χ0n) is 16.9. The lowest BCUT2D eigenvalue weighted by Crippen LogP contribution is -2.30. The Morgan fingerprint density at radius 1 is 0.968 bits per heavy atom. The number of esters is 1. The first-order valence-electron chi connectivity index (χ1n) is 9.19. The van der Waals surface area contributed by atoms with Gasteiger partial charge in [-0.1, -0.05) is 19.9 Å². The van der Waals surface area contributed by atoms with Crippen LogP contribution < -0.4 is 10.5 Å². The third-order valence-electron chi connectivity index (χ3n) is 4.21. The molecule has 2 aromatic carbocycles. The Hall–Kier alpha value is -2.80. The summed E-state index contributed by atoms with van der Waals surface area (Å²) in [5.74, 6) is -1.51. The maximum Gasteiger partial charge on any atom is 0.338 e. The molecule has 31 heavy (non-hydrogen) atoms. The Morgan fingerprint density at radius 3 is 2.13 bits per heavy atom. The van der Waals surface area contributed by atoms with Gasteiger partial charge in [-0.05, 0) is 42.5 Å². The summed E-state index contributed by atoms with van der Waals surface area (Å²) < 4.78 is 53.8. The van der Waals surface area contributed by atoms with Gasteiger partial charge in [-0.2, -0.15) is 4.31 Å². The van der Waals surface area contributed by atoms with Gasteiger partial charge in [0, 0.05) is 18.8 Å². The molecule has 0 aliphatic heterocycles. The summed E-state index contributed by atoms with van der Waals surface area (Å²) in [6.07, 6.45) is 0. The van der Waals surface area contributed by atoms with Crippen molar-refractivity contribution in [3.05, 3.63) is 54.1 Å². The van der Waals surface area contributed by atoms with Gasteiger partial charge in [-0.3, -0.25) is 4.79 Å². The van der Waals surface area contributed by atoms with E-state index in [0.717, 1.165) is 0 Å². The minimum absolute atomic E-state index is 0.0419. The molecular weight excluding hydrogens is 446 g/mol. The van der Waals surface area contributed by atoms with Crippen LogP contribution >= 0.6 is 0 Å². The number of hydrogen-bond acceptors (Lipinski definition) is 7. The predicted molar refractivity (Wildman–Crippen MR) is 113 cm³/mol. The molecule has 1 amide bonds. The molecule has 0 unspecified atom stereocenters. The van der Waals surface area contributed by atoms with E-state index in [1.54, 1.807) is 13.8 Å². The van der Waals surface area contributed by atoms with E-state index in [4.69, 9.17) is 9.88 Å². The molecule has 0 aromatic heterocycles. The molecule has 12 heteroatoms. The van der Waals surface area contributed by atoms with Gasteiger partial charge < -0.3 is 10.1 Å². The molecule has 2 rings (SSSR count). The number of nitrogens with one attached hydrogen (secondary N) is 1. The van der Waals surface area contributed by atoms with Crippen LogP contribution in [0.3, 0.4) is 0 Å². The number of nitrogens with two attached hydrogens (primary N) is 1. The topological polar surface area (TPSA) is 153 Å². The molecule has 3 N–H and O–H groups in total. The first-order valence-corrected chi connectivity index (χ1v) is 12.2. The highest BCUT2D eigenvalue weighted by molar-refractivity contribution is 7.89. The fourth-order valence-electron chi connectivity index (χ4n) is 2.64. The fourth-order valence-corrected chi connectivity index (χ4v) is 4.66. The summed E-state index contributed by atoms with van der Waals surface area (Å²) in [4.78, 5) is 24.0. The molecule has 168 valence electrons. The van der Waals surface area contributed by atoms with Crippen LogP contribution in [0, 0.1) is 0 Å². The van der Waals surface area contributed by atoms with Gasteiger partial charge in [0.15, 0.2) is 6.61 Å². The number of nitrogens with zero attached hydrogens (tertiary/aromatic N) is 1. The lowest BCUT2D eigenvalue weighted by atomic mass is 10.2. The molecule has 0 radical (unpaired) electrons. The molecule has 0 aliphatic rings.